The van der Waals surface area contributed by atoms with E-state index in [9.17, 15) is 4.79 Å². The van der Waals surface area contributed by atoms with E-state index >= 15 is 0 Å². The molecule has 20 heavy (non-hydrogen) atoms. The number of methoxy groups -OCH3 is 1. The van der Waals surface area contributed by atoms with Crippen LogP contribution in [0.15, 0.2) is 12.4 Å². The van der Waals surface area contributed by atoms with E-state index in [-0.39, 0.29) is 5.91 Å². The Hall–Kier alpha value is -1.40. The molecular weight excluding hydrogens is 256 g/mol. The van der Waals surface area contributed by atoms with Crippen LogP contribution < -0.4 is 5.32 Å². The fraction of sp³-hybridized carbons (Fsp3) is 0.714. The first-order valence-corrected chi connectivity index (χ1v) is 7.19. The lowest BCUT2D eigenvalue weighted by Gasteiger charge is -2.33. The van der Waals surface area contributed by atoms with Crippen LogP contribution >= 0.6 is 0 Å². The molecule has 1 amide bonds. The van der Waals surface area contributed by atoms with Gasteiger partial charge in [-0.25, -0.2) is 0 Å². The molecule has 2 rings (SSSR count). The first kappa shape index (κ1) is 15.0. The number of hydrogen-bond acceptors (Lipinski definition) is 4. The molecule has 0 aliphatic carbocycles. The molecule has 0 radical (unpaired) electrons. The highest BCUT2D eigenvalue weighted by molar-refractivity contribution is 5.78. The predicted octanol–water partition coefficient (Wildman–Crippen LogP) is 0.591. The lowest BCUT2D eigenvalue weighted by molar-refractivity contribution is -0.131. The summed E-state index contributed by atoms with van der Waals surface area (Å²) in [6.07, 6.45) is 6.04. The Morgan fingerprint density at radius 1 is 1.60 bits per heavy atom. The molecule has 0 aromatic carbocycles. The summed E-state index contributed by atoms with van der Waals surface area (Å²) < 4.78 is 6.94. The topological polar surface area (TPSA) is 59.4 Å². The van der Waals surface area contributed by atoms with Crippen LogP contribution in [0.4, 0.5) is 0 Å². The summed E-state index contributed by atoms with van der Waals surface area (Å²) in [5.41, 5.74) is 1.16. The maximum atomic E-state index is 12.1. The summed E-state index contributed by atoms with van der Waals surface area (Å²) in [4.78, 5) is 14.1. The number of hydrogen-bond donors (Lipinski definition) is 1. The fourth-order valence-electron chi connectivity index (χ4n) is 2.51. The second kappa shape index (κ2) is 7.40. The second-order valence-corrected chi connectivity index (χ2v) is 5.30. The first-order valence-electron chi connectivity index (χ1n) is 7.19. The normalized spacial score (nSPS) is 19.3. The smallest absolute Gasteiger partial charge is 0.236 e. The molecule has 1 saturated heterocycles. The Labute approximate surface area is 120 Å². The molecule has 2 heterocycles. The molecule has 1 atom stereocenters. The highest BCUT2D eigenvalue weighted by Gasteiger charge is 2.24. The third-order valence-electron chi connectivity index (χ3n) is 3.61. The number of nitrogens with one attached hydrogen (secondary N) is 1. The maximum absolute atomic E-state index is 12.1. The van der Waals surface area contributed by atoms with E-state index in [0.717, 1.165) is 31.5 Å². The Morgan fingerprint density at radius 2 is 2.45 bits per heavy atom. The van der Waals surface area contributed by atoms with E-state index in [1.807, 2.05) is 22.7 Å². The third kappa shape index (κ3) is 4.05. The summed E-state index contributed by atoms with van der Waals surface area (Å²) in [5, 5.41) is 7.47. The molecule has 112 valence electrons. The molecule has 1 unspecified atom stereocenters. The number of piperidine rings is 1. The molecule has 0 saturated carbocycles. The van der Waals surface area contributed by atoms with Crippen molar-refractivity contribution in [1.29, 1.82) is 0 Å². The van der Waals surface area contributed by atoms with Crippen LogP contribution in [0, 0.1) is 6.92 Å². The van der Waals surface area contributed by atoms with Crippen molar-refractivity contribution in [2.24, 2.45) is 0 Å². The third-order valence-corrected chi connectivity index (χ3v) is 3.61. The van der Waals surface area contributed by atoms with Gasteiger partial charge in [-0.05, 0) is 25.3 Å². The minimum Gasteiger partial charge on any atom is -0.383 e. The largest absolute Gasteiger partial charge is 0.383 e. The Kier molecular flexibility index (Phi) is 5.55. The number of amides is 1. The van der Waals surface area contributed by atoms with Crippen molar-refractivity contribution in [3.63, 3.8) is 0 Å². The van der Waals surface area contributed by atoms with Crippen molar-refractivity contribution >= 4 is 5.91 Å². The molecule has 1 aliphatic rings. The van der Waals surface area contributed by atoms with E-state index in [1.165, 1.54) is 0 Å². The number of carbonyl (C=O) groups is 1. The van der Waals surface area contributed by atoms with Crippen LogP contribution in [0.5, 0.6) is 0 Å². The minimum atomic E-state index is 0.162. The van der Waals surface area contributed by atoms with Crippen LogP contribution in [0.25, 0.3) is 0 Å². The lowest BCUT2D eigenvalue weighted by Crippen LogP contribution is -2.45. The zero-order valence-electron chi connectivity index (χ0n) is 12.3. The van der Waals surface area contributed by atoms with Gasteiger partial charge >= 0.3 is 0 Å². The average Bonchev–Trinajstić information content (AvgIpc) is 2.90. The molecule has 1 fully saturated rings. The molecule has 0 bridgehead atoms. The van der Waals surface area contributed by atoms with E-state index in [2.05, 4.69) is 16.6 Å². The van der Waals surface area contributed by atoms with Gasteiger partial charge in [0.2, 0.25) is 5.91 Å². The van der Waals surface area contributed by atoms with Crippen molar-refractivity contribution in [2.45, 2.75) is 25.8 Å². The van der Waals surface area contributed by atoms with Crippen LogP contribution in [0.2, 0.25) is 0 Å². The zero-order valence-corrected chi connectivity index (χ0v) is 12.3. The number of nitrogens with zero attached hydrogens (tertiary/aromatic N) is 3. The van der Waals surface area contributed by atoms with Gasteiger partial charge in [0, 0.05) is 32.9 Å². The van der Waals surface area contributed by atoms with Crippen LogP contribution in [-0.2, 0) is 9.53 Å². The van der Waals surface area contributed by atoms with Gasteiger partial charge < -0.3 is 15.0 Å². The Bertz CT molecular complexity index is 433. The van der Waals surface area contributed by atoms with Gasteiger partial charge in [0.1, 0.15) is 0 Å². The van der Waals surface area contributed by atoms with Gasteiger partial charge in [-0.2, -0.15) is 5.10 Å². The standard InChI is InChI=1S/C14H24N4O2/c1-12-8-16-18(10-12)13-4-3-6-17(11-13)14(19)9-15-5-7-20-2/h8,10,13,15H,3-7,9,11H2,1-2H3. The number of aromatic nitrogens is 2. The van der Waals surface area contributed by atoms with Gasteiger partial charge in [0.25, 0.3) is 0 Å². The van der Waals surface area contributed by atoms with E-state index in [1.54, 1.807) is 7.11 Å². The van der Waals surface area contributed by atoms with Crippen LogP contribution in [0.3, 0.4) is 0 Å². The average molecular weight is 280 g/mol. The Morgan fingerprint density at radius 3 is 3.15 bits per heavy atom. The molecule has 6 heteroatoms. The molecule has 1 aliphatic heterocycles. The summed E-state index contributed by atoms with van der Waals surface area (Å²) in [7, 11) is 1.66. The van der Waals surface area contributed by atoms with E-state index in [0.29, 0.717) is 25.7 Å². The molecule has 0 spiro atoms. The highest BCUT2D eigenvalue weighted by atomic mass is 16.5. The number of aryl methyl sites for hydroxylation is 1. The SMILES string of the molecule is COCCNCC(=O)N1CCCC(n2cc(C)cn2)C1. The van der Waals surface area contributed by atoms with Gasteiger partial charge in [0.15, 0.2) is 0 Å². The van der Waals surface area contributed by atoms with Gasteiger partial charge in [-0.3, -0.25) is 9.48 Å². The highest BCUT2D eigenvalue weighted by Crippen LogP contribution is 2.21. The molecular formula is C14H24N4O2. The monoisotopic (exact) mass is 280 g/mol. The molecule has 1 aromatic rings. The van der Waals surface area contributed by atoms with Crippen molar-refractivity contribution in [1.82, 2.24) is 20.0 Å². The second-order valence-electron chi connectivity index (χ2n) is 5.30. The molecule has 6 nitrogen and oxygen atoms in total. The molecule has 1 N–H and O–H groups in total. The van der Waals surface area contributed by atoms with Gasteiger partial charge in [-0.1, -0.05) is 0 Å². The van der Waals surface area contributed by atoms with E-state index in [4.69, 9.17) is 4.74 Å². The lowest BCUT2D eigenvalue weighted by atomic mass is 10.1. The summed E-state index contributed by atoms with van der Waals surface area (Å²) in [6, 6.07) is 0.306. The summed E-state index contributed by atoms with van der Waals surface area (Å²) in [5.74, 6) is 0.162. The number of ether oxygens (including phenoxy) is 1. The fourth-order valence-corrected chi connectivity index (χ4v) is 2.51. The van der Waals surface area contributed by atoms with Crippen molar-refractivity contribution in [3.05, 3.63) is 18.0 Å². The minimum absolute atomic E-state index is 0.162. The Balaban J connectivity index is 1.82. The van der Waals surface area contributed by atoms with Gasteiger partial charge in [-0.15, -0.1) is 0 Å². The first-order chi connectivity index (χ1) is 9.70. The number of rotatable bonds is 6. The van der Waals surface area contributed by atoms with Crippen LogP contribution in [0.1, 0.15) is 24.4 Å². The maximum Gasteiger partial charge on any atom is 0.236 e. The number of carbonyl (C=O) groups excluding carboxylic acids is 1. The zero-order chi connectivity index (χ0) is 14.4. The summed E-state index contributed by atoms with van der Waals surface area (Å²) in [6.45, 7) is 5.36. The summed E-state index contributed by atoms with van der Waals surface area (Å²) >= 11 is 0. The van der Waals surface area contributed by atoms with Crippen molar-refractivity contribution in [2.75, 3.05) is 39.9 Å². The van der Waals surface area contributed by atoms with Crippen LogP contribution in [-0.4, -0.2) is 60.5 Å². The number of likely N-dealkylation sites (tertiary alicyclic amines) is 1. The van der Waals surface area contributed by atoms with Crippen molar-refractivity contribution < 1.29 is 9.53 Å². The van der Waals surface area contributed by atoms with Crippen molar-refractivity contribution in [3.8, 4) is 0 Å². The van der Waals surface area contributed by atoms with E-state index < -0.39 is 0 Å². The quantitative estimate of drug-likeness (QED) is 0.775. The predicted molar refractivity (Wildman–Crippen MR) is 76.6 cm³/mol. The van der Waals surface area contributed by atoms with Gasteiger partial charge in [0.05, 0.1) is 25.4 Å². The molecule has 1 aromatic heterocycles.